The number of pyridine rings is 1. The number of aromatic nitrogens is 1. The molecule has 2 aliphatic heterocycles. The predicted octanol–water partition coefficient (Wildman–Crippen LogP) is 4.37. The van der Waals surface area contributed by atoms with Gasteiger partial charge in [0.15, 0.2) is 17.3 Å². The summed E-state index contributed by atoms with van der Waals surface area (Å²) in [5.74, 6) is 1.45. The van der Waals surface area contributed by atoms with E-state index in [4.69, 9.17) is 14.3 Å². The maximum absolute atomic E-state index is 11.1. The van der Waals surface area contributed by atoms with Crippen LogP contribution in [-0.4, -0.2) is 52.4 Å². The lowest BCUT2D eigenvalue weighted by Crippen LogP contribution is -2.46. The first-order valence-electron chi connectivity index (χ1n) is 10.7. The average molecular weight is 449 g/mol. The fraction of sp³-hybridized carbons (Fsp3) is 0.304. The Morgan fingerprint density at radius 1 is 1.36 bits per heavy atom. The molecule has 0 spiro atoms. The third kappa shape index (κ3) is 4.00. The summed E-state index contributed by atoms with van der Waals surface area (Å²) in [6.45, 7) is 1.90. The number of amides is 1. The van der Waals surface area contributed by atoms with Gasteiger partial charge in [-0.1, -0.05) is 0 Å². The number of hydrogen-bond donors (Lipinski definition) is 3. The minimum atomic E-state index is -1.02. The summed E-state index contributed by atoms with van der Waals surface area (Å²) in [7, 11) is 1.59. The molecule has 0 aliphatic carbocycles. The van der Waals surface area contributed by atoms with Crippen LogP contribution in [0.3, 0.4) is 0 Å². The third-order valence-electron chi connectivity index (χ3n) is 5.94. The molecule has 0 radical (unpaired) electrons. The number of nitrogens with one attached hydrogen (secondary N) is 1. The highest BCUT2D eigenvalue weighted by Gasteiger charge is 2.25. The van der Waals surface area contributed by atoms with Gasteiger partial charge >= 0.3 is 6.09 Å². The van der Waals surface area contributed by atoms with Gasteiger partial charge in [-0.15, -0.1) is 10.2 Å². The van der Waals surface area contributed by atoms with Gasteiger partial charge in [0.05, 0.1) is 18.1 Å². The highest BCUT2D eigenvalue weighted by molar-refractivity contribution is 5.94. The Kier molecular flexibility index (Phi) is 5.43. The summed E-state index contributed by atoms with van der Waals surface area (Å²) in [4.78, 5) is 17.4. The van der Waals surface area contributed by atoms with E-state index < -0.39 is 6.09 Å². The molecule has 3 N–H and O–H groups in total. The van der Waals surface area contributed by atoms with Gasteiger partial charge in [-0.05, 0) is 43.7 Å². The number of hydrogen-bond acceptors (Lipinski definition) is 8. The molecule has 0 saturated carbocycles. The van der Waals surface area contributed by atoms with E-state index in [1.165, 1.54) is 0 Å². The number of piperidine rings is 1. The molecular formula is C23H23N5O5. The molecule has 170 valence electrons. The molecule has 10 nitrogen and oxygen atoms in total. The van der Waals surface area contributed by atoms with Crippen LogP contribution in [0.5, 0.6) is 11.5 Å². The fourth-order valence-electron chi connectivity index (χ4n) is 4.42. The first-order valence-corrected chi connectivity index (χ1v) is 10.7. The van der Waals surface area contributed by atoms with Crippen molar-refractivity contribution in [3.8, 4) is 11.5 Å². The quantitative estimate of drug-likeness (QED) is 0.527. The maximum Gasteiger partial charge on any atom is 0.404 e. The zero-order chi connectivity index (χ0) is 22.9. The number of ether oxygens (including phenoxy) is 1. The highest BCUT2D eigenvalue weighted by atomic mass is 16.5. The second-order valence-corrected chi connectivity index (χ2v) is 8.07. The van der Waals surface area contributed by atoms with Crippen LogP contribution in [0.2, 0.25) is 0 Å². The van der Waals surface area contributed by atoms with Crippen molar-refractivity contribution < 1.29 is 24.2 Å². The van der Waals surface area contributed by atoms with Crippen LogP contribution in [0.4, 0.5) is 10.6 Å². The first-order chi connectivity index (χ1) is 16.0. The van der Waals surface area contributed by atoms with Crippen LogP contribution >= 0.6 is 0 Å². The van der Waals surface area contributed by atoms with Crippen LogP contribution in [0.15, 0.2) is 45.1 Å². The van der Waals surface area contributed by atoms with Crippen molar-refractivity contribution in [2.24, 2.45) is 10.2 Å². The number of aromatic hydroxyl groups is 1. The number of likely N-dealkylation sites (tertiary alicyclic amines) is 1. The van der Waals surface area contributed by atoms with Crippen molar-refractivity contribution in [3.63, 3.8) is 0 Å². The van der Waals surface area contributed by atoms with Gasteiger partial charge in [0.1, 0.15) is 17.0 Å². The average Bonchev–Trinajstić information content (AvgIpc) is 3.35. The molecule has 1 fully saturated rings. The number of carboxylic acid groups (broad SMARTS) is 1. The summed E-state index contributed by atoms with van der Waals surface area (Å²) in [5, 5.41) is 31.3. The Morgan fingerprint density at radius 3 is 3.06 bits per heavy atom. The molecule has 10 heteroatoms. The van der Waals surface area contributed by atoms with E-state index in [1.807, 2.05) is 6.07 Å². The standard InChI is InChI=1S/C23H23N5O5/c1-32-18-7-6-15-20(29)19(10-17-14-5-2-8-24-22(14)27-26-17)33-21(15)16(18)12-28-9-3-4-13(11-28)25-23(30)31/h2,5-8,10,13,25,29H,3-4,9,11-12H2,1H3,(H,30,31). The van der Waals surface area contributed by atoms with Gasteiger partial charge < -0.3 is 24.7 Å². The molecule has 1 unspecified atom stereocenters. The predicted molar refractivity (Wildman–Crippen MR) is 121 cm³/mol. The summed E-state index contributed by atoms with van der Waals surface area (Å²) >= 11 is 0. The Hall–Kier alpha value is -3.92. The van der Waals surface area contributed by atoms with Crippen molar-refractivity contribution in [3.05, 3.63) is 47.3 Å². The smallest absolute Gasteiger partial charge is 0.404 e. The summed E-state index contributed by atoms with van der Waals surface area (Å²) in [6, 6.07) is 7.09. The van der Waals surface area contributed by atoms with Crippen molar-refractivity contribution in [2.75, 3.05) is 20.2 Å². The SMILES string of the molecule is COc1ccc2c(O)c(C=C3N=Nc4ncccc43)oc2c1CN1CCCC(NC(=O)O)C1. The van der Waals surface area contributed by atoms with Gasteiger partial charge in [0.2, 0.25) is 0 Å². The fourth-order valence-corrected chi connectivity index (χ4v) is 4.42. The molecule has 4 heterocycles. The van der Waals surface area contributed by atoms with Crippen LogP contribution in [0.25, 0.3) is 22.7 Å². The van der Waals surface area contributed by atoms with Crippen LogP contribution < -0.4 is 10.1 Å². The number of fused-ring (bicyclic) bond motifs is 2. The molecule has 2 aromatic heterocycles. The van der Waals surface area contributed by atoms with E-state index >= 15 is 0 Å². The molecule has 2 aliphatic rings. The largest absolute Gasteiger partial charge is 0.504 e. The van der Waals surface area contributed by atoms with Crippen molar-refractivity contribution in [1.82, 2.24) is 15.2 Å². The van der Waals surface area contributed by atoms with E-state index in [9.17, 15) is 9.90 Å². The zero-order valence-electron chi connectivity index (χ0n) is 18.0. The Balaban J connectivity index is 1.50. The lowest BCUT2D eigenvalue weighted by molar-refractivity contribution is 0.159. The minimum absolute atomic E-state index is 0.0120. The van der Waals surface area contributed by atoms with E-state index in [2.05, 4.69) is 25.4 Å². The molecule has 1 saturated heterocycles. The van der Waals surface area contributed by atoms with Crippen LogP contribution in [-0.2, 0) is 6.54 Å². The van der Waals surface area contributed by atoms with Crippen molar-refractivity contribution in [2.45, 2.75) is 25.4 Å². The monoisotopic (exact) mass is 449 g/mol. The topological polar surface area (TPSA) is 133 Å². The molecule has 33 heavy (non-hydrogen) atoms. The van der Waals surface area contributed by atoms with Gasteiger partial charge in [-0.2, -0.15) is 0 Å². The third-order valence-corrected chi connectivity index (χ3v) is 5.94. The Morgan fingerprint density at radius 2 is 2.24 bits per heavy atom. The van der Waals surface area contributed by atoms with E-state index in [1.54, 1.807) is 37.6 Å². The maximum atomic E-state index is 11.1. The summed E-state index contributed by atoms with van der Waals surface area (Å²) < 4.78 is 11.7. The highest BCUT2D eigenvalue weighted by Crippen LogP contribution is 2.41. The number of benzene rings is 1. The Labute approximate surface area is 189 Å². The van der Waals surface area contributed by atoms with Gasteiger partial charge in [-0.25, -0.2) is 9.78 Å². The molecular weight excluding hydrogens is 426 g/mol. The molecule has 1 atom stereocenters. The van der Waals surface area contributed by atoms with Crippen LogP contribution in [0.1, 0.15) is 29.7 Å². The van der Waals surface area contributed by atoms with Crippen molar-refractivity contribution >= 4 is 34.7 Å². The molecule has 5 rings (SSSR count). The molecule has 0 bridgehead atoms. The number of nitrogens with zero attached hydrogens (tertiary/aromatic N) is 4. The summed E-state index contributed by atoms with van der Waals surface area (Å²) in [5.41, 5.74) is 2.63. The van der Waals surface area contributed by atoms with E-state index in [0.29, 0.717) is 41.3 Å². The van der Waals surface area contributed by atoms with E-state index in [0.717, 1.165) is 30.5 Å². The lowest BCUT2D eigenvalue weighted by Gasteiger charge is -2.32. The number of methoxy groups -OCH3 is 1. The summed E-state index contributed by atoms with van der Waals surface area (Å²) in [6.07, 6.45) is 3.96. The zero-order valence-corrected chi connectivity index (χ0v) is 18.0. The number of rotatable bonds is 5. The molecule has 1 aromatic carbocycles. The number of furan rings is 1. The van der Waals surface area contributed by atoms with Gasteiger partial charge in [0.25, 0.3) is 0 Å². The van der Waals surface area contributed by atoms with Crippen molar-refractivity contribution in [1.29, 1.82) is 0 Å². The normalized spacial score (nSPS) is 19.2. The number of azo groups is 1. The molecule has 1 amide bonds. The Bertz CT molecular complexity index is 1280. The number of carbonyl (C=O) groups is 1. The van der Waals surface area contributed by atoms with Gasteiger partial charge in [-0.3, -0.25) is 4.90 Å². The minimum Gasteiger partial charge on any atom is -0.504 e. The molecule has 3 aromatic rings. The lowest BCUT2D eigenvalue weighted by atomic mass is 10.0. The van der Waals surface area contributed by atoms with Gasteiger partial charge in [0, 0.05) is 37.0 Å². The van der Waals surface area contributed by atoms with Crippen LogP contribution in [0, 0.1) is 0 Å². The second-order valence-electron chi connectivity index (χ2n) is 8.07. The first kappa shape index (κ1) is 21.0. The second kappa shape index (κ2) is 8.55. The van der Waals surface area contributed by atoms with E-state index in [-0.39, 0.29) is 17.6 Å².